The molecule has 238 valence electrons. The van der Waals surface area contributed by atoms with Crippen molar-refractivity contribution in [2.45, 2.75) is 149 Å². The van der Waals surface area contributed by atoms with Crippen molar-refractivity contribution in [2.75, 3.05) is 5.32 Å². The van der Waals surface area contributed by atoms with Crippen LogP contribution in [0, 0.1) is 11.8 Å². The highest BCUT2D eigenvalue weighted by molar-refractivity contribution is 6.74. The van der Waals surface area contributed by atoms with E-state index in [-0.39, 0.29) is 16.6 Å². The molecule has 0 unspecified atom stereocenters. The summed E-state index contributed by atoms with van der Waals surface area (Å²) in [5.41, 5.74) is 2.04. The topological polar surface area (TPSA) is 90.3 Å². The van der Waals surface area contributed by atoms with E-state index in [1.807, 2.05) is 39.8 Å². The van der Waals surface area contributed by atoms with E-state index in [0.717, 1.165) is 42.9 Å². The predicted octanol–water partition coefficient (Wildman–Crippen LogP) is 8.48. The van der Waals surface area contributed by atoms with E-state index in [4.69, 9.17) is 14.3 Å². The van der Waals surface area contributed by atoms with Crippen LogP contribution in [0.3, 0.4) is 0 Å². The molecule has 2 aromatic rings. The van der Waals surface area contributed by atoms with Gasteiger partial charge in [-0.05, 0) is 110 Å². The van der Waals surface area contributed by atoms with Crippen molar-refractivity contribution in [3.8, 4) is 11.8 Å². The van der Waals surface area contributed by atoms with Gasteiger partial charge in [-0.1, -0.05) is 26.7 Å². The summed E-state index contributed by atoms with van der Waals surface area (Å²) >= 11 is 0. The highest BCUT2D eigenvalue weighted by Gasteiger charge is 2.41. The summed E-state index contributed by atoms with van der Waals surface area (Å²) in [4.78, 5) is 16.4. The molecule has 1 amide bonds. The van der Waals surface area contributed by atoms with Crippen molar-refractivity contribution in [1.82, 2.24) is 20.1 Å². The Hall–Kier alpha value is -2.83. The van der Waals surface area contributed by atoms with E-state index in [9.17, 15) is 4.79 Å². The van der Waals surface area contributed by atoms with Gasteiger partial charge >= 0.3 is 6.09 Å². The zero-order valence-electron chi connectivity index (χ0n) is 28.6. The molecule has 0 aromatic carbocycles. The molecular formula is C34H55N5O3Si. The zero-order chi connectivity index (χ0) is 32.2. The van der Waals surface area contributed by atoms with Gasteiger partial charge in [0, 0.05) is 42.4 Å². The van der Waals surface area contributed by atoms with E-state index in [2.05, 4.69) is 92.8 Å². The maximum Gasteiger partial charge on any atom is 0.407 e. The van der Waals surface area contributed by atoms with Gasteiger partial charge < -0.3 is 19.8 Å². The minimum absolute atomic E-state index is 0.0363. The summed E-state index contributed by atoms with van der Waals surface area (Å²) in [6.45, 7) is 25.6. The van der Waals surface area contributed by atoms with Gasteiger partial charge in [0.25, 0.3) is 0 Å². The lowest BCUT2D eigenvalue weighted by Gasteiger charge is -2.38. The van der Waals surface area contributed by atoms with Crippen LogP contribution in [0.15, 0.2) is 24.4 Å². The first-order valence-electron chi connectivity index (χ1n) is 15.7. The minimum atomic E-state index is -1.80. The predicted molar refractivity (Wildman–Crippen MR) is 178 cm³/mol. The Morgan fingerprint density at radius 3 is 2.44 bits per heavy atom. The number of pyridine rings is 1. The maximum absolute atomic E-state index is 12.0. The van der Waals surface area contributed by atoms with Crippen LogP contribution in [0.25, 0.3) is 0 Å². The number of nitrogens with one attached hydrogen (secondary N) is 2. The van der Waals surface area contributed by atoms with Crippen LogP contribution in [0.5, 0.6) is 0 Å². The quantitative estimate of drug-likeness (QED) is 0.230. The second-order valence-electron chi connectivity index (χ2n) is 15.5. The van der Waals surface area contributed by atoms with Crippen molar-refractivity contribution in [3.05, 3.63) is 35.8 Å². The van der Waals surface area contributed by atoms with Gasteiger partial charge in [-0.15, -0.1) is 0 Å². The van der Waals surface area contributed by atoms with Crippen molar-refractivity contribution in [3.63, 3.8) is 0 Å². The van der Waals surface area contributed by atoms with Crippen molar-refractivity contribution in [1.29, 1.82) is 0 Å². The van der Waals surface area contributed by atoms with Gasteiger partial charge in [0.1, 0.15) is 17.1 Å². The molecule has 1 aliphatic rings. The van der Waals surface area contributed by atoms with E-state index in [1.165, 1.54) is 0 Å². The Morgan fingerprint density at radius 2 is 1.81 bits per heavy atom. The Balaban J connectivity index is 1.65. The minimum Gasteiger partial charge on any atom is -0.444 e. The summed E-state index contributed by atoms with van der Waals surface area (Å²) in [7, 11) is -1.80. The molecule has 3 atom stereocenters. The van der Waals surface area contributed by atoms with E-state index < -0.39 is 20.0 Å². The standard InChI is InChI=1S/C34H55N5O3Si/c1-24(36-31(40)41-33(5,6)7)15-13-14-16-26-22-27(19-20-35-26)37-30-23-29(38-39(30)32(2,3)4)25-17-18-28(21-25)42-43(11,12)34(8,9)10/h19-20,22-25,28H,13,15,17-18,21H2,1-12H3,(H,35,37)(H,36,40)/t24-,25-,28+/m0/s1. The fraction of sp³-hybridized carbons (Fsp3) is 0.676. The zero-order valence-corrected chi connectivity index (χ0v) is 29.6. The van der Waals surface area contributed by atoms with Crippen LogP contribution in [-0.4, -0.2) is 46.9 Å². The number of ether oxygens (including phenoxy) is 1. The maximum atomic E-state index is 12.0. The Bertz CT molecular complexity index is 1300. The van der Waals surface area contributed by atoms with Gasteiger partial charge in [0.05, 0.1) is 11.2 Å². The molecule has 1 aliphatic carbocycles. The van der Waals surface area contributed by atoms with Gasteiger partial charge in [-0.25, -0.2) is 14.5 Å². The molecule has 9 heteroatoms. The van der Waals surface area contributed by atoms with Gasteiger partial charge in [0.2, 0.25) is 0 Å². The molecule has 2 aromatic heterocycles. The van der Waals surface area contributed by atoms with Crippen LogP contribution in [0.4, 0.5) is 16.3 Å². The number of anilines is 2. The fourth-order valence-electron chi connectivity index (χ4n) is 4.86. The summed E-state index contributed by atoms with van der Waals surface area (Å²) < 4.78 is 14.2. The first-order valence-corrected chi connectivity index (χ1v) is 18.6. The lowest BCUT2D eigenvalue weighted by molar-refractivity contribution is 0.0506. The molecule has 1 fully saturated rings. The normalized spacial score (nSPS) is 18.5. The van der Waals surface area contributed by atoms with Crippen molar-refractivity contribution >= 4 is 25.9 Å². The van der Waals surface area contributed by atoms with E-state index in [0.29, 0.717) is 24.1 Å². The fourth-order valence-corrected chi connectivity index (χ4v) is 6.26. The number of aromatic nitrogens is 3. The van der Waals surface area contributed by atoms with Crippen molar-refractivity contribution < 1.29 is 14.0 Å². The molecule has 2 N–H and O–H groups in total. The number of hydrogen-bond donors (Lipinski definition) is 2. The summed E-state index contributed by atoms with van der Waals surface area (Å²) in [5.74, 6) is 7.72. The second-order valence-corrected chi connectivity index (χ2v) is 20.2. The Morgan fingerprint density at radius 1 is 1.12 bits per heavy atom. The van der Waals surface area contributed by atoms with Crippen molar-refractivity contribution in [2.24, 2.45) is 0 Å². The molecule has 0 radical (unpaired) electrons. The highest BCUT2D eigenvalue weighted by Crippen LogP contribution is 2.43. The second kappa shape index (κ2) is 13.4. The number of carbonyl (C=O) groups is 1. The van der Waals surface area contributed by atoms with Gasteiger partial charge in [-0.2, -0.15) is 5.10 Å². The number of carbonyl (C=O) groups excluding carboxylic acids is 1. The van der Waals surface area contributed by atoms with Crippen LogP contribution in [0.1, 0.15) is 119 Å². The monoisotopic (exact) mass is 609 g/mol. The number of hydrogen-bond acceptors (Lipinski definition) is 6. The Kier molecular flexibility index (Phi) is 10.8. The number of rotatable bonds is 8. The first-order chi connectivity index (χ1) is 19.7. The molecular weight excluding hydrogens is 554 g/mol. The molecule has 0 aliphatic heterocycles. The molecule has 0 bridgehead atoms. The summed E-state index contributed by atoms with van der Waals surface area (Å²) in [6.07, 6.45) is 6.24. The van der Waals surface area contributed by atoms with Crippen LogP contribution in [0.2, 0.25) is 18.1 Å². The highest BCUT2D eigenvalue weighted by atomic mass is 28.4. The number of nitrogens with zero attached hydrogens (tertiary/aromatic N) is 3. The van der Waals surface area contributed by atoms with Crippen LogP contribution >= 0.6 is 0 Å². The average molecular weight is 610 g/mol. The van der Waals surface area contributed by atoms with E-state index >= 15 is 0 Å². The third kappa shape index (κ3) is 10.4. The summed E-state index contributed by atoms with van der Waals surface area (Å²) in [5, 5.41) is 11.8. The molecule has 3 rings (SSSR count). The molecule has 2 heterocycles. The molecule has 8 nitrogen and oxygen atoms in total. The van der Waals surface area contributed by atoms with Crippen LogP contribution in [-0.2, 0) is 14.7 Å². The lowest BCUT2D eigenvalue weighted by Crippen LogP contribution is -2.43. The largest absolute Gasteiger partial charge is 0.444 e. The van der Waals surface area contributed by atoms with E-state index in [1.54, 1.807) is 6.20 Å². The lowest BCUT2D eigenvalue weighted by atomic mass is 10.0. The first kappa shape index (κ1) is 34.7. The van der Waals surface area contributed by atoms with Gasteiger partial charge in [-0.3, -0.25) is 0 Å². The third-order valence-corrected chi connectivity index (χ3v) is 12.7. The van der Waals surface area contributed by atoms with Gasteiger partial charge in [0.15, 0.2) is 8.32 Å². The third-order valence-electron chi connectivity index (χ3n) is 8.15. The summed E-state index contributed by atoms with van der Waals surface area (Å²) in [6, 6.07) is 6.09. The smallest absolute Gasteiger partial charge is 0.407 e. The molecule has 1 saturated carbocycles. The van der Waals surface area contributed by atoms with Crippen LogP contribution < -0.4 is 10.6 Å². The SMILES string of the molecule is C[C@@H](CCC#Cc1cc(Nc2cc([C@H]3CC[C@@H](O[Si](C)(C)C(C)(C)C)C3)nn2C(C)(C)C)ccn1)NC(=O)OC(C)(C)C. The number of amides is 1. The number of alkyl carbamates (subject to hydrolysis) is 1. The molecule has 0 saturated heterocycles. The Labute approximate surface area is 261 Å². The molecule has 43 heavy (non-hydrogen) atoms. The average Bonchev–Trinajstić information content (AvgIpc) is 3.47. The molecule has 0 spiro atoms.